The summed E-state index contributed by atoms with van der Waals surface area (Å²) in [6.45, 7) is 0.977. The summed E-state index contributed by atoms with van der Waals surface area (Å²) in [6.07, 6.45) is 1.02. The van der Waals surface area contributed by atoms with Crippen molar-refractivity contribution in [3.63, 3.8) is 0 Å². The van der Waals surface area contributed by atoms with Crippen molar-refractivity contribution < 1.29 is 0 Å². The molecule has 0 unspecified atom stereocenters. The van der Waals surface area contributed by atoms with Crippen molar-refractivity contribution in [3.8, 4) is 11.1 Å². The van der Waals surface area contributed by atoms with Gasteiger partial charge in [-0.15, -0.1) is 0 Å². The third-order valence-corrected chi connectivity index (χ3v) is 3.58. The van der Waals surface area contributed by atoms with Crippen LogP contribution in [0.2, 0.25) is 10.0 Å². The number of hydrogen-bond acceptors (Lipinski definition) is 1. The summed E-state index contributed by atoms with van der Waals surface area (Å²) in [5.41, 5.74) is 3.57. The van der Waals surface area contributed by atoms with Crippen molar-refractivity contribution >= 4 is 23.2 Å². The van der Waals surface area contributed by atoms with Crippen molar-refractivity contribution in [2.45, 2.75) is 6.42 Å². The fourth-order valence-electron chi connectivity index (χ4n) is 1.85. The minimum Gasteiger partial charge on any atom is -0.319 e. The maximum absolute atomic E-state index is 6.05. The molecule has 0 amide bonds. The molecule has 0 saturated carbocycles. The standard InChI is InChI=1S/C15H15Cl2N/c1-18-8-7-11-3-2-4-12(9-11)13-5-6-14(16)15(17)10-13/h2-6,9-10,18H,7-8H2,1H3. The quantitative estimate of drug-likeness (QED) is 0.874. The van der Waals surface area contributed by atoms with E-state index in [1.165, 1.54) is 11.1 Å². The lowest BCUT2D eigenvalue weighted by Crippen LogP contribution is -2.10. The lowest BCUT2D eigenvalue weighted by molar-refractivity contribution is 0.792. The molecule has 18 heavy (non-hydrogen) atoms. The number of hydrogen-bond donors (Lipinski definition) is 1. The summed E-state index contributed by atoms with van der Waals surface area (Å²) >= 11 is 12.0. The van der Waals surface area contributed by atoms with Gasteiger partial charge in [-0.25, -0.2) is 0 Å². The van der Waals surface area contributed by atoms with Crippen LogP contribution in [-0.2, 0) is 6.42 Å². The number of rotatable bonds is 4. The fourth-order valence-corrected chi connectivity index (χ4v) is 2.15. The second-order valence-corrected chi connectivity index (χ2v) is 5.00. The van der Waals surface area contributed by atoms with Gasteiger partial charge in [-0.3, -0.25) is 0 Å². The van der Waals surface area contributed by atoms with E-state index < -0.39 is 0 Å². The van der Waals surface area contributed by atoms with Crippen LogP contribution < -0.4 is 5.32 Å². The maximum Gasteiger partial charge on any atom is 0.0598 e. The molecule has 0 aliphatic heterocycles. The maximum atomic E-state index is 6.05. The van der Waals surface area contributed by atoms with Crippen molar-refractivity contribution in [1.82, 2.24) is 5.32 Å². The van der Waals surface area contributed by atoms with Crippen LogP contribution in [0.3, 0.4) is 0 Å². The van der Waals surface area contributed by atoms with E-state index in [4.69, 9.17) is 23.2 Å². The van der Waals surface area contributed by atoms with Gasteiger partial charge in [-0.05, 0) is 48.8 Å². The van der Waals surface area contributed by atoms with E-state index in [1.54, 1.807) is 0 Å². The van der Waals surface area contributed by atoms with Crippen LogP contribution in [0.1, 0.15) is 5.56 Å². The van der Waals surface area contributed by atoms with Gasteiger partial charge in [0.1, 0.15) is 0 Å². The average molecular weight is 280 g/mol. The Balaban J connectivity index is 2.29. The Morgan fingerprint density at radius 3 is 2.44 bits per heavy atom. The summed E-state index contributed by atoms with van der Waals surface area (Å²) < 4.78 is 0. The molecule has 3 heteroatoms. The summed E-state index contributed by atoms with van der Waals surface area (Å²) in [7, 11) is 1.96. The van der Waals surface area contributed by atoms with Crippen LogP contribution >= 0.6 is 23.2 Å². The van der Waals surface area contributed by atoms with Crippen LogP contribution in [0.5, 0.6) is 0 Å². The normalized spacial score (nSPS) is 10.6. The lowest BCUT2D eigenvalue weighted by atomic mass is 10.0. The Morgan fingerprint density at radius 2 is 1.72 bits per heavy atom. The third kappa shape index (κ3) is 3.26. The Bertz CT molecular complexity index is 538. The van der Waals surface area contributed by atoms with Gasteiger partial charge in [0.25, 0.3) is 0 Å². The zero-order chi connectivity index (χ0) is 13.0. The monoisotopic (exact) mass is 279 g/mol. The molecule has 0 aliphatic carbocycles. The van der Waals surface area contributed by atoms with Gasteiger partial charge in [-0.1, -0.05) is 53.5 Å². The van der Waals surface area contributed by atoms with Crippen LogP contribution in [0.25, 0.3) is 11.1 Å². The zero-order valence-corrected chi connectivity index (χ0v) is 11.7. The molecule has 0 atom stereocenters. The third-order valence-electron chi connectivity index (χ3n) is 2.84. The average Bonchev–Trinajstić information content (AvgIpc) is 2.40. The molecule has 2 aromatic carbocycles. The summed E-state index contributed by atoms with van der Waals surface area (Å²) in [5.74, 6) is 0. The van der Waals surface area contributed by atoms with E-state index in [0.29, 0.717) is 10.0 Å². The molecule has 0 aromatic heterocycles. The molecule has 2 aromatic rings. The van der Waals surface area contributed by atoms with Gasteiger partial charge in [-0.2, -0.15) is 0 Å². The number of halogens is 2. The Labute approximate surface area is 118 Å². The second-order valence-electron chi connectivity index (χ2n) is 4.18. The first-order valence-corrected chi connectivity index (χ1v) is 6.65. The Kier molecular flexibility index (Phi) is 4.65. The van der Waals surface area contributed by atoms with Gasteiger partial charge < -0.3 is 5.32 Å². The second kappa shape index (κ2) is 6.24. The molecule has 0 radical (unpaired) electrons. The summed E-state index contributed by atoms with van der Waals surface area (Å²) in [5, 5.41) is 4.34. The van der Waals surface area contributed by atoms with Crippen LogP contribution in [0, 0.1) is 0 Å². The smallest absolute Gasteiger partial charge is 0.0598 e. The predicted octanol–water partition coefficient (Wildman–Crippen LogP) is 4.42. The SMILES string of the molecule is CNCCc1cccc(-c2ccc(Cl)c(Cl)c2)c1. The molecular formula is C15H15Cl2N. The highest BCUT2D eigenvalue weighted by Crippen LogP contribution is 2.28. The number of likely N-dealkylation sites (N-methyl/N-ethyl adjacent to an activating group) is 1. The molecule has 0 bridgehead atoms. The van der Waals surface area contributed by atoms with Crippen molar-refractivity contribution in [3.05, 3.63) is 58.1 Å². The van der Waals surface area contributed by atoms with Gasteiger partial charge in [0, 0.05) is 0 Å². The molecule has 1 nitrogen and oxygen atoms in total. The van der Waals surface area contributed by atoms with Crippen LogP contribution in [0.15, 0.2) is 42.5 Å². The van der Waals surface area contributed by atoms with E-state index in [1.807, 2.05) is 25.2 Å². The molecule has 0 fully saturated rings. The van der Waals surface area contributed by atoms with E-state index in [-0.39, 0.29) is 0 Å². The van der Waals surface area contributed by atoms with E-state index in [2.05, 4.69) is 29.6 Å². The molecular weight excluding hydrogens is 265 g/mol. The van der Waals surface area contributed by atoms with Crippen molar-refractivity contribution in [2.24, 2.45) is 0 Å². The molecule has 94 valence electrons. The molecule has 0 spiro atoms. The zero-order valence-electron chi connectivity index (χ0n) is 10.2. The van der Waals surface area contributed by atoms with E-state index >= 15 is 0 Å². The minimum atomic E-state index is 0.590. The highest BCUT2D eigenvalue weighted by molar-refractivity contribution is 6.42. The first-order valence-electron chi connectivity index (χ1n) is 5.89. The number of nitrogens with one attached hydrogen (secondary N) is 1. The largest absolute Gasteiger partial charge is 0.319 e. The van der Waals surface area contributed by atoms with Gasteiger partial charge >= 0.3 is 0 Å². The summed E-state index contributed by atoms with van der Waals surface area (Å²) in [6, 6.07) is 14.2. The molecule has 2 rings (SSSR count). The minimum absolute atomic E-state index is 0.590. The highest BCUT2D eigenvalue weighted by atomic mass is 35.5. The van der Waals surface area contributed by atoms with Crippen LogP contribution in [0.4, 0.5) is 0 Å². The highest BCUT2D eigenvalue weighted by Gasteiger charge is 2.03. The fraction of sp³-hybridized carbons (Fsp3) is 0.200. The topological polar surface area (TPSA) is 12.0 Å². The van der Waals surface area contributed by atoms with Crippen molar-refractivity contribution in [1.29, 1.82) is 0 Å². The molecule has 1 N–H and O–H groups in total. The first kappa shape index (κ1) is 13.4. The van der Waals surface area contributed by atoms with E-state index in [0.717, 1.165) is 18.5 Å². The van der Waals surface area contributed by atoms with Gasteiger partial charge in [0.05, 0.1) is 10.0 Å². The Hall–Kier alpha value is -1.02. The van der Waals surface area contributed by atoms with Crippen molar-refractivity contribution in [2.75, 3.05) is 13.6 Å². The van der Waals surface area contributed by atoms with Gasteiger partial charge in [0.15, 0.2) is 0 Å². The molecule has 0 heterocycles. The predicted molar refractivity (Wildman–Crippen MR) is 79.5 cm³/mol. The Morgan fingerprint density at radius 1 is 0.944 bits per heavy atom. The molecule has 0 saturated heterocycles. The van der Waals surface area contributed by atoms with E-state index in [9.17, 15) is 0 Å². The first-order chi connectivity index (χ1) is 8.70. The van der Waals surface area contributed by atoms with Crippen LogP contribution in [-0.4, -0.2) is 13.6 Å². The lowest BCUT2D eigenvalue weighted by Gasteiger charge is -2.06. The molecule has 0 aliphatic rings. The number of benzene rings is 2. The van der Waals surface area contributed by atoms with Gasteiger partial charge in [0.2, 0.25) is 0 Å². The summed E-state index contributed by atoms with van der Waals surface area (Å²) in [4.78, 5) is 0.